The van der Waals surface area contributed by atoms with Crippen molar-refractivity contribution in [1.82, 2.24) is 14.9 Å². The van der Waals surface area contributed by atoms with E-state index in [1.807, 2.05) is 12.1 Å². The Kier molecular flexibility index (Phi) is 3.42. The van der Waals surface area contributed by atoms with Crippen molar-refractivity contribution in [3.63, 3.8) is 0 Å². The van der Waals surface area contributed by atoms with Crippen LogP contribution in [0.25, 0.3) is 11.0 Å². The molecule has 3 rings (SSSR count). The van der Waals surface area contributed by atoms with E-state index >= 15 is 0 Å². The fourth-order valence-electron chi connectivity index (χ4n) is 3.13. The molecule has 4 nitrogen and oxygen atoms in total. The molecule has 1 saturated heterocycles. The minimum absolute atomic E-state index is 0.608. The molecule has 0 amide bonds. The molecule has 102 valence electrons. The minimum Gasteiger partial charge on any atom is -0.384 e. The molecule has 0 spiro atoms. The molecule has 3 N–H and O–H groups in total. The minimum atomic E-state index is 0.608. The van der Waals surface area contributed by atoms with E-state index in [0.29, 0.717) is 11.7 Å². The van der Waals surface area contributed by atoms with Gasteiger partial charge in [0.05, 0.1) is 11.0 Å². The zero-order valence-electron chi connectivity index (χ0n) is 11.5. The summed E-state index contributed by atoms with van der Waals surface area (Å²) in [6.07, 6.45) is 5.82. The maximum atomic E-state index is 5.81. The molecule has 3 heterocycles. The number of fused-ring (bicyclic) bond motifs is 1. The number of aromatic amines is 1. The Labute approximate surface area is 114 Å². The number of nitrogen functional groups attached to an aromatic ring is 1. The Morgan fingerprint density at radius 3 is 2.89 bits per heavy atom. The third kappa shape index (κ3) is 2.45. The second-order valence-electron chi connectivity index (χ2n) is 5.49. The average molecular weight is 258 g/mol. The van der Waals surface area contributed by atoms with E-state index in [9.17, 15) is 0 Å². The van der Waals surface area contributed by atoms with Gasteiger partial charge in [-0.05, 0) is 62.5 Å². The smallest absolute Gasteiger partial charge is 0.124 e. The van der Waals surface area contributed by atoms with Gasteiger partial charge in [0.25, 0.3) is 0 Å². The monoisotopic (exact) mass is 258 g/mol. The van der Waals surface area contributed by atoms with Crippen molar-refractivity contribution in [1.29, 1.82) is 0 Å². The number of hydrogen-bond acceptors (Lipinski definition) is 3. The molecule has 1 aliphatic heterocycles. The van der Waals surface area contributed by atoms with Gasteiger partial charge in [-0.15, -0.1) is 0 Å². The molecule has 0 unspecified atom stereocenters. The second-order valence-corrected chi connectivity index (χ2v) is 5.49. The zero-order chi connectivity index (χ0) is 13.2. The van der Waals surface area contributed by atoms with E-state index < -0.39 is 0 Å². The Balaban J connectivity index is 1.80. The maximum absolute atomic E-state index is 5.81. The van der Waals surface area contributed by atoms with Gasteiger partial charge in [-0.25, -0.2) is 4.98 Å². The number of nitrogens with one attached hydrogen (secondary N) is 1. The second kappa shape index (κ2) is 5.21. The first-order valence-corrected chi connectivity index (χ1v) is 7.23. The largest absolute Gasteiger partial charge is 0.384 e. The fourth-order valence-corrected chi connectivity index (χ4v) is 3.13. The highest BCUT2D eigenvalue weighted by atomic mass is 15.1. The molecule has 2 aromatic rings. The normalized spacial score (nSPS) is 18.2. The number of aromatic nitrogens is 2. The summed E-state index contributed by atoms with van der Waals surface area (Å²) in [5.41, 5.74) is 9.32. The molecule has 0 bridgehead atoms. The van der Waals surface area contributed by atoms with Crippen molar-refractivity contribution < 1.29 is 0 Å². The van der Waals surface area contributed by atoms with Crippen LogP contribution in [0, 0.1) is 0 Å². The molecule has 19 heavy (non-hydrogen) atoms. The van der Waals surface area contributed by atoms with E-state index in [1.54, 1.807) is 0 Å². The van der Waals surface area contributed by atoms with Crippen LogP contribution in [0.1, 0.15) is 37.7 Å². The fraction of sp³-hybridized carbons (Fsp3) is 0.533. The number of hydrogen-bond donors (Lipinski definition) is 2. The number of anilines is 1. The number of nitrogens with two attached hydrogens (primary N) is 1. The lowest BCUT2D eigenvalue weighted by Crippen LogP contribution is -2.33. The third-order valence-electron chi connectivity index (χ3n) is 4.14. The van der Waals surface area contributed by atoms with Gasteiger partial charge in [0.15, 0.2) is 0 Å². The van der Waals surface area contributed by atoms with E-state index in [4.69, 9.17) is 5.73 Å². The molecule has 1 aliphatic rings. The lowest BCUT2D eigenvalue weighted by atomic mass is 9.90. The van der Waals surface area contributed by atoms with Crippen LogP contribution in [0.15, 0.2) is 18.3 Å². The van der Waals surface area contributed by atoms with Gasteiger partial charge in [-0.3, -0.25) is 0 Å². The Morgan fingerprint density at radius 1 is 1.37 bits per heavy atom. The van der Waals surface area contributed by atoms with Crippen LogP contribution in [-0.2, 0) is 0 Å². The summed E-state index contributed by atoms with van der Waals surface area (Å²) in [6.45, 7) is 5.88. The van der Waals surface area contributed by atoms with Crippen LogP contribution in [0.3, 0.4) is 0 Å². The summed E-state index contributed by atoms with van der Waals surface area (Å²) in [7, 11) is 0. The predicted molar refractivity (Wildman–Crippen MR) is 79.2 cm³/mol. The number of pyridine rings is 1. The highest BCUT2D eigenvalue weighted by Gasteiger charge is 2.22. The van der Waals surface area contributed by atoms with Gasteiger partial charge in [0.2, 0.25) is 0 Å². The highest BCUT2D eigenvalue weighted by molar-refractivity contribution is 5.81. The molecule has 4 heteroatoms. The van der Waals surface area contributed by atoms with Crippen LogP contribution >= 0.6 is 0 Å². The molecule has 1 fully saturated rings. The van der Waals surface area contributed by atoms with Crippen molar-refractivity contribution in [2.45, 2.75) is 32.1 Å². The van der Waals surface area contributed by atoms with Crippen molar-refractivity contribution in [3.8, 4) is 0 Å². The number of H-pyrrole nitrogens is 1. The molecule has 0 atom stereocenters. The van der Waals surface area contributed by atoms with Crippen molar-refractivity contribution in [2.24, 2.45) is 0 Å². The third-order valence-corrected chi connectivity index (χ3v) is 4.14. The molecule has 0 radical (unpaired) electrons. The summed E-state index contributed by atoms with van der Waals surface area (Å²) in [5.74, 6) is 1.23. The predicted octanol–water partition coefficient (Wildman–Crippen LogP) is 2.73. The van der Waals surface area contributed by atoms with Crippen LogP contribution < -0.4 is 5.73 Å². The van der Waals surface area contributed by atoms with Crippen molar-refractivity contribution in [2.75, 3.05) is 25.4 Å². The summed E-state index contributed by atoms with van der Waals surface area (Å²) >= 11 is 0. The van der Waals surface area contributed by atoms with Gasteiger partial charge >= 0.3 is 0 Å². The summed E-state index contributed by atoms with van der Waals surface area (Å²) in [4.78, 5) is 10.4. The zero-order valence-corrected chi connectivity index (χ0v) is 11.5. The van der Waals surface area contributed by atoms with Crippen molar-refractivity contribution in [3.05, 3.63) is 23.9 Å². The van der Waals surface area contributed by atoms with Gasteiger partial charge in [0.1, 0.15) is 5.82 Å². The van der Waals surface area contributed by atoms with Crippen LogP contribution in [-0.4, -0.2) is 34.5 Å². The van der Waals surface area contributed by atoms with Crippen LogP contribution in [0.2, 0.25) is 0 Å². The number of nitrogens with zero attached hydrogens (tertiary/aromatic N) is 2. The van der Waals surface area contributed by atoms with E-state index in [1.165, 1.54) is 44.5 Å². The summed E-state index contributed by atoms with van der Waals surface area (Å²) < 4.78 is 0. The van der Waals surface area contributed by atoms with E-state index in [2.05, 4.69) is 28.0 Å². The molecule has 0 aromatic carbocycles. The Hall–Kier alpha value is -1.55. The Morgan fingerprint density at radius 2 is 2.16 bits per heavy atom. The van der Waals surface area contributed by atoms with Crippen LogP contribution in [0.5, 0.6) is 0 Å². The lowest BCUT2D eigenvalue weighted by Gasteiger charge is -2.31. The van der Waals surface area contributed by atoms with E-state index in [-0.39, 0.29) is 0 Å². The number of likely N-dealkylation sites (tertiary alicyclic amines) is 1. The van der Waals surface area contributed by atoms with Gasteiger partial charge in [0, 0.05) is 6.20 Å². The molecular formula is C15H22N4. The van der Waals surface area contributed by atoms with Gasteiger partial charge < -0.3 is 15.6 Å². The summed E-state index contributed by atoms with van der Waals surface area (Å²) in [6, 6.07) is 3.87. The first kappa shape index (κ1) is 12.5. The quantitative estimate of drug-likeness (QED) is 0.890. The first-order valence-electron chi connectivity index (χ1n) is 7.23. The highest BCUT2D eigenvalue weighted by Crippen LogP contribution is 2.32. The van der Waals surface area contributed by atoms with Crippen molar-refractivity contribution >= 4 is 16.9 Å². The molecule has 0 aliphatic carbocycles. The molecule has 2 aromatic heterocycles. The van der Waals surface area contributed by atoms with Crippen LogP contribution in [0.4, 0.5) is 5.82 Å². The van der Waals surface area contributed by atoms with E-state index in [0.717, 1.165) is 11.0 Å². The van der Waals surface area contributed by atoms with Gasteiger partial charge in [-0.1, -0.05) is 6.92 Å². The number of piperidine rings is 1. The lowest BCUT2D eigenvalue weighted by molar-refractivity contribution is 0.213. The maximum Gasteiger partial charge on any atom is 0.124 e. The van der Waals surface area contributed by atoms with Gasteiger partial charge in [-0.2, -0.15) is 0 Å². The molecular weight excluding hydrogens is 236 g/mol. The first-order chi connectivity index (χ1) is 9.28. The summed E-state index contributed by atoms with van der Waals surface area (Å²) in [5, 5.41) is 0. The molecule has 0 saturated carbocycles. The average Bonchev–Trinajstić information content (AvgIpc) is 2.83. The number of rotatable bonds is 3. The standard InChI is InChI=1S/C15H22N4/c1-2-7-19-8-5-11(6-9-19)12-10-17-13-3-4-14(16)18-15(12)13/h3-4,10-11,17H,2,5-9H2,1H3,(H2,16,18). The topological polar surface area (TPSA) is 57.9 Å². The SMILES string of the molecule is CCCN1CCC(c2c[nH]c3ccc(N)nc23)CC1. The Bertz CT molecular complexity index is 552.